The molecule has 0 fully saturated rings. The molecule has 0 radical (unpaired) electrons. The SMILES string of the molecule is C=CC/C=C/C(C)C(C)(C)/C(C)=C/C. The summed E-state index contributed by atoms with van der Waals surface area (Å²) in [7, 11) is 0. The summed E-state index contributed by atoms with van der Waals surface area (Å²) in [5, 5.41) is 0. The first-order chi connectivity index (χ1) is 6.46. The van der Waals surface area contributed by atoms with Crippen LogP contribution in [0, 0.1) is 11.3 Å². The molecule has 0 N–H and O–H groups in total. The van der Waals surface area contributed by atoms with Gasteiger partial charge >= 0.3 is 0 Å². The van der Waals surface area contributed by atoms with E-state index in [1.54, 1.807) is 0 Å². The summed E-state index contributed by atoms with van der Waals surface area (Å²) in [6, 6.07) is 0. The van der Waals surface area contributed by atoms with Crippen LogP contribution < -0.4 is 0 Å². The van der Waals surface area contributed by atoms with Gasteiger partial charge in [0.05, 0.1) is 0 Å². The van der Waals surface area contributed by atoms with Gasteiger partial charge in [-0.05, 0) is 31.6 Å². The summed E-state index contributed by atoms with van der Waals surface area (Å²) >= 11 is 0. The Kier molecular flexibility index (Phi) is 5.52. The van der Waals surface area contributed by atoms with Crippen molar-refractivity contribution in [2.24, 2.45) is 11.3 Å². The highest BCUT2D eigenvalue weighted by molar-refractivity contribution is 5.13. The molecule has 0 aromatic carbocycles. The molecule has 1 atom stereocenters. The number of hydrogen-bond acceptors (Lipinski definition) is 0. The van der Waals surface area contributed by atoms with Crippen molar-refractivity contribution in [3.05, 3.63) is 36.5 Å². The van der Waals surface area contributed by atoms with Gasteiger partial charge in [0.2, 0.25) is 0 Å². The Bertz CT molecular complexity index is 228. The van der Waals surface area contributed by atoms with E-state index in [0.717, 1.165) is 6.42 Å². The van der Waals surface area contributed by atoms with Crippen molar-refractivity contribution in [2.75, 3.05) is 0 Å². The minimum Gasteiger partial charge on any atom is -0.103 e. The Morgan fingerprint density at radius 2 is 2.00 bits per heavy atom. The van der Waals surface area contributed by atoms with Gasteiger partial charge in [-0.2, -0.15) is 0 Å². The third kappa shape index (κ3) is 3.53. The highest BCUT2D eigenvalue weighted by Crippen LogP contribution is 2.35. The first-order valence-electron chi connectivity index (χ1n) is 5.37. The van der Waals surface area contributed by atoms with E-state index in [-0.39, 0.29) is 5.41 Å². The van der Waals surface area contributed by atoms with Crippen LogP contribution in [0.2, 0.25) is 0 Å². The zero-order valence-corrected chi connectivity index (χ0v) is 10.3. The van der Waals surface area contributed by atoms with Crippen LogP contribution in [-0.4, -0.2) is 0 Å². The van der Waals surface area contributed by atoms with Gasteiger partial charge in [-0.1, -0.05) is 50.6 Å². The van der Waals surface area contributed by atoms with Crippen LogP contribution in [0.25, 0.3) is 0 Å². The third-order valence-corrected chi connectivity index (χ3v) is 3.32. The highest BCUT2D eigenvalue weighted by atomic mass is 14.3. The first-order valence-corrected chi connectivity index (χ1v) is 5.37. The largest absolute Gasteiger partial charge is 0.103 e. The minimum absolute atomic E-state index is 0.256. The van der Waals surface area contributed by atoms with Crippen LogP contribution in [0.4, 0.5) is 0 Å². The summed E-state index contributed by atoms with van der Waals surface area (Å²) in [6.07, 6.45) is 9.59. The molecular weight excluding hydrogens is 168 g/mol. The molecule has 0 spiro atoms. The molecule has 0 nitrogen and oxygen atoms in total. The van der Waals surface area contributed by atoms with Crippen LogP contribution in [0.15, 0.2) is 36.5 Å². The van der Waals surface area contributed by atoms with Crippen LogP contribution in [0.3, 0.4) is 0 Å². The van der Waals surface area contributed by atoms with Gasteiger partial charge in [-0.25, -0.2) is 0 Å². The predicted molar refractivity (Wildman–Crippen MR) is 66.3 cm³/mol. The van der Waals surface area contributed by atoms with Gasteiger partial charge in [-0.15, -0.1) is 6.58 Å². The van der Waals surface area contributed by atoms with Gasteiger partial charge in [0.15, 0.2) is 0 Å². The second-order valence-corrected chi connectivity index (χ2v) is 4.43. The van der Waals surface area contributed by atoms with Crippen molar-refractivity contribution in [1.29, 1.82) is 0 Å². The summed E-state index contributed by atoms with van der Waals surface area (Å²) in [4.78, 5) is 0. The second-order valence-electron chi connectivity index (χ2n) is 4.43. The van der Waals surface area contributed by atoms with Gasteiger partial charge in [-0.3, -0.25) is 0 Å². The molecule has 0 saturated carbocycles. The topological polar surface area (TPSA) is 0 Å². The van der Waals surface area contributed by atoms with Crippen molar-refractivity contribution in [3.8, 4) is 0 Å². The molecule has 0 bridgehead atoms. The van der Waals surface area contributed by atoms with E-state index in [2.05, 4.69) is 59.4 Å². The smallest absolute Gasteiger partial charge is 0.00875 e. The lowest BCUT2D eigenvalue weighted by Gasteiger charge is -2.31. The molecule has 0 aromatic rings. The maximum absolute atomic E-state index is 3.71. The normalized spacial score (nSPS) is 15.9. The van der Waals surface area contributed by atoms with Crippen molar-refractivity contribution in [3.63, 3.8) is 0 Å². The third-order valence-electron chi connectivity index (χ3n) is 3.32. The molecule has 0 aliphatic heterocycles. The van der Waals surface area contributed by atoms with E-state index in [1.165, 1.54) is 5.57 Å². The molecule has 0 heteroatoms. The maximum Gasteiger partial charge on any atom is -0.00875 e. The van der Waals surface area contributed by atoms with Crippen LogP contribution in [-0.2, 0) is 0 Å². The van der Waals surface area contributed by atoms with E-state index in [0.29, 0.717) is 5.92 Å². The van der Waals surface area contributed by atoms with Gasteiger partial charge in [0, 0.05) is 0 Å². The van der Waals surface area contributed by atoms with Crippen molar-refractivity contribution < 1.29 is 0 Å². The lowest BCUT2D eigenvalue weighted by molar-refractivity contribution is 0.341. The van der Waals surface area contributed by atoms with Crippen LogP contribution in [0.5, 0.6) is 0 Å². The Morgan fingerprint density at radius 3 is 2.43 bits per heavy atom. The van der Waals surface area contributed by atoms with Gasteiger partial charge in [0.1, 0.15) is 0 Å². The van der Waals surface area contributed by atoms with Crippen LogP contribution in [0.1, 0.15) is 41.0 Å². The van der Waals surface area contributed by atoms with Crippen molar-refractivity contribution in [1.82, 2.24) is 0 Å². The van der Waals surface area contributed by atoms with Gasteiger partial charge < -0.3 is 0 Å². The Morgan fingerprint density at radius 1 is 1.43 bits per heavy atom. The molecule has 1 unspecified atom stereocenters. The molecule has 0 rings (SSSR count). The molecule has 0 aliphatic rings. The standard InChI is InChI=1S/C14H24/c1-7-9-10-11-13(4)14(5,6)12(3)8-2/h7-8,10-11,13H,1,9H2,2-6H3/b11-10+,12-8+. The Labute approximate surface area is 89.4 Å². The average molecular weight is 192 g/mol. The molecule has 0 saturated heterocycles. The molecule has 0 amide bonds. The number of allylic oxidation sites excluding steroid dienone is 5. The second kappa shape index (κ2) is 5.85. The summed E-state index contributed by atoms with van der Waals surface area (Å²) in [6.45, 7) is 14.9. The van der Waals surface area contributed by atoms with E-state index in [4.69, 9.17) is 0 Å². The zero-order chi connectivity index (χ0) is 11.2. The highest BCUT2D eigenvalue weighted by Gasteiger charge is 2.24. The van der Waals surface area contributed by atoms with E-state index in [1.807, 2.05) is 6.08 Å². The van der Waals surface area contributed by atoms with Crippen molar-refractivity contribution in [2.45, 2.75) is 41.0 Å². The quantitative estimate of drug-likeness (QED) is 0.551. The molecule has 0 aromatic heterocycles. The van der Waals surface area contributed by atoms with E-state index < -0.39 is 0 Å². The average Bonchev–Trinajstić information content (AvgIpc) is 2.16. The first kappa shape index (κ1) is 13.2. The zero-order valence-electron chi connectivity index (χ0n) is 10.3. The summed E-state index contributed by atoms with van der Waals surface area (Å²) < 4.78 is 0. The lowest BCUT2D eigenvalue weighted by atomic mass is 9.74. The van der Waals surface area contributed by atoms with Crippen molar-refractivity contribution >= 4 is 0 Å². The predicted octanol–water partition coefficient (Wildman–Crippen LogP) is 4.75. The Hall–Kier alpha value is -0.780. The van der Waals surface area contributed by atoms with Gasteiger partial charge in [0.25, 0.3) is 0 Å². The fraction of sp³-hybridized carbons (Fsp3) is 0.571. The fourth-order valence-corrected chi connectivity index (χ4v) is 1.35. The minimum atomic E-state index is 0.256. The van der Waals surface area contributed by atoms with E-state index in [9.17, 15) is 0 Å². The van der Waals surface area contributed by atoms with E-state index >= 15 is 0 Å². The summed E-state index contributed by atoms with van der Waals surface area (Å²) in [5.74, 6) is 0.568. The molecule has 14 heavy (non-hydrogen) atoms. The molecule has 0 heterocycles. The monoisotopic (exact) mass is 192 g/mol. The number of rotatable bonds is 5. The van der Waals surface area contributed by atoms with Crippen LogP contribution >= 0.6 is 0 Å². The summed E-state index contributed by atoms with van der Waals surface area (Å²) in [5.41, 5.74) is 1.71. The maximum atomic E-state index is 3.71. The fourth-order valence-electron chi connectivity index (χ4n) is 1.35. The Balaban J connectivity index is 4.50. The molecule has 0 aliphatic carbocycles. The lowest BCUT2D eigenvalue weighted by Crippen LogP contribution is -2.21. The molecular formula is C14H24. The molecule has 80 valence electrons. The number of hydrogen-bond donors (Lipinski definition) is 0.